The van der Waals surface area contributed by atoms with E-state index in [2.05, 4.69) is 16.3 Å². The summed E-state index contributed by atoms with van der Waals surface area (Å²) in [6, 6.07) is 12.4. The molecule has 0 spiro atoms. The van der Waals surface area contributed by atoms with Crippen LogP contribution < -0.4 is 5.32 Å². The Kier molecular flexibility index (Phi) is 6.70. The quantitative estimate of drug-likeness (QED) is 0.830. The van der Waals surface area contributed by atoms with E-state index in [0.29, 0.717) is 38.4 Å². The van der Waals surface area contributed by atoms with Crippen molar-refractivity contribution in [2.45, 2.75) is 31.1 Å². The first-order valence-corrected chi connectivity index (χ1v) is 9.99. The first kappa shape index (κ1) is 19.7. The summed E-state index contributed by atoms with van der Waals surface area (Å²) in [5.41, 5.74) is 0.583. The molecule has 1 aromatic rings. The Morgan fingerprint density at radius 2 is 1.85 bits per heavy atom. The van der Waals surface area contributed by atoms with Gasteiger partial charge < -0.3 is 20.2 Å². The van der Waals surface area contributed by atoms with E-state index in [1.807, 2.05) is 35.2 Å². The molecule has 1 aromatic carbocycles. The van der Waals surface area contributed by atoms with E-state index in [-0.39, 0.29) is 12.6 Å². The van der Waals surface area contributed by atoms with Gasteiger partial charge in [0.15, 0.2) is 0 Å². The summed E-state index contributed by atoms with van der Waals surface area (Å²) in [6.07, 6.45) is 3.48. The van der Waals surface area contributed by atoms with Crippen molar-refractivity contribution < 1.29 is 9.90 Å². The molecule has 2 heterocycles. The number of piperidine rings is 2. The number of aliphatic hydroxyl groups excluding tert-OH is 1. The van der Waals surface area contributed by atoms with Crippen molar-refractivity contribution in [2.75, 3.05) is 45.9 Å². The van der Waals surface area contributed by atoms with Crippen molar-refractivity contribution in [3.05, 3.63) is 35.9 Å². The Morgan fingerprint density at radius 1 is 1.19 bits per heavy atom. The van der Waals surface area contributed by atoms with Crippen LogP contribution in [0.2, 0.25) is 0 Å². The molecule has 0 aromatic heterocycles. The second kappa shape index (κ2) is 9.20. The Morgan fingerprint density at radius 3 is 2.44 bits per heavy atom. The van der Waals surface area contributed by atoms with E-state index in [9.17, 15) is 10.1 Å². The van der Waals surface area contributed by atoms with E-state index in [1.165, 1.54) is 0 Å². The highest BCUT2D eigenvalue weighted by atomic mass is 16.3. The largest absolute Gasteiger partial charge is 0.395 e. The Hall–Kier alpha value is -2.10. The molecular weight excluding hydrogens is 340 g/mol. The summed E-state index contributed by atoms with van der Waals surface area (Å²) in [5, 5.41) is 21.9. The molecule has 2 aliphatic rings. The molecule has 3 rings (SSSR count). The third-order valence-electron chi connectivity index (χ3n) is 6.11. The van der Waals surface area contributed by atoms with Crippen molar-refractivity contribution in [3.8, 4) is 6.07 Å². The van der Waals surface area contributed by atoms with Gasteiger partial charge in [0.05, 0.1) is 18.1 Å². The van der Waals surface area contributed by atoms with Gasteiger partial charge in [-0.1, -0.05) is 30.3 Å². The van der Waals surface area contributed by atoms with Crippen LogP contribution in [0.25, 0.3) is 0 Å². The number of nitriles is 1. The zero-order valence-corrected chi connectivity index (χ0v) is 15.9. The van der Waals surface area contributed by atoms with Gasteiger partial charge in [0.2, 0.25) is 0 Å². The topological polar surface area (TPSA) is 79.6 Å². The fraction of sp³-hybridized carbons (Fsp3) is 0.619. The fourth-order valence-corrected chi connectivity index (χ4v) is 4.21. The molecule has 2 aliphatic heterocycles. The Balaban J connectivity index is 1.44. The van der Waals surface area contributed by atoms with Crippen molar-refractivity contribution >= 4 is 6.03 Å². The minimum Gasteiger partial charge on any atom is -0.395 e. The average Bonchev–Trinajstić information content (AvgIpc) is 2.74. The van der Waals surface area contributed by atoms with Gasteiger partial charge in [0.1, 0.15) is 0 Å². The van der Waals surface area contributed by atoms with Crippen LogP contribution in [0.3, 0.4) is 0 Å². The molecule has 2 amide bonds. The third kappa shape index (κ3) is 4.79. The highest BCUT2D eigenvalue weighted by molar-refractivity contribution is 5.74. The smallest absolute Gasteiger partial charge is 0.317 e. The Bertz CT molecular complexity index is 642. The number of nitrogens with zero attached hydrogens (tertiary/aromatic N) is 3. The molecule has 0 unspecified atom stereocenters. The summed E-state index contributed by atoms with van der Waals surface area (Å²) in [6.45, 7) is 4.88. The van der Waals surface area contributed by atoms with Crippen LogP contribution in [0, 0.1) is 17.2 Å². The molecule has 2 fully saturated rings. The predicted octanol–water partition coefficient (Wildman–Crippen LogP) is 1.96. The van der Waals surface area contributed by atoms with Crippen molar-refractivity contribution in [1.29, 1.82) is 5.26 Å². The lowest BCUT2D eigenvalue weighted by Crippen LogP contribution is -2.49. The number of likely N-dealkylation sites (tertiary alicyclic amines) is 2. The lowest BCUT2D eigenvalue weighted by atomic mass is 9.74. The van der Waals surface area contributed by atoms with Crippen molar-refractivity contribution in [3.63, 3.8) is 0 Å². The lowest BCUT2D eigenvalue weighted by molar-refractivity contribution is 0.142. The lowest BCUT2D eigenvalue weighted by Gasteiger charge is -2.38. The van der Waals surface area contributed by atoms with Crippen LogP contribution in [-0.4, -0.2) is 66.8 Å². The number of β-amino-alcohol motifs (C(OH)–C–C–N with tert-alkyl or cyclic N) is 1. The summed E-state index contributed by atoms with van der Waals surface area (Å²) in [5.74, 6) is 0.510. The maximum Gasteiger partial charge on any atom is 0.317 e. The molecule has 2 saturated heterocycles. The number of nitrogens with one attached hydrogen (secondary N) is 1. The van der Waals surface area contributed by atoms with E-state index < -0.39 is 5.41 Å². The maximum atomic E-state index is 12.5. The first-order chi connectivity index (χ1) is 13.2. The molecule has 2 N–H and O–H groups in total. The monoisotopic (exact) mass is 370 g/mol. The molecule has 146 valence electrons. The molecule has 0 atom stereocenters. The van der Waals surface area contributed by atoms with Gasteiger partial charge in [-0.2, -0.15) is 5.26 Å². The van der Waals surface area contributed by atoms with Crippen LogP contribution in [0.4, 0.5) is 4.79 Å². The van der Waals surface area contributed by atoms with Crippen LogP contribution in [-0.2, 0) is 5.41 Å². The SMILES string of the molecule is N#CC1(c2ccccc2)CCN(C(=O)NCC2CCN(CCO)CC2)CC1. The Labute approximate surface area is 161 Å². The summed E-state index contributed by atoms with van der Waals surface area (Å²) < 4.78 is 0. The number of rotatable bonds is 5. The van der Waals surface area contributed by atoms with Crippen LogP contribution >= 0.6 is 0 Å². The molecule has 0 aliphatic carbocycles. The van der Waals surface area contributed by atoms with Crippen LogP contribution in [0.5, 0.6) is 0 Å². The number of carbonyl (C=O) groups is 1. The summed E-state index contributed by atoms with van der Waals surface area (Å²) in [4.78, 5) is 16.7. The van der Waals surface area contributed by atoms with Crippen molar-refractivity contribution in [1.82, 2.24) is 15.1 Å². The molecule has 6 nitrogen and oxygen atoms in total. The molecule has 27 heavy (non-hydrogen) atoms. The summed E-state index contributed by atoms with van der Waals surface area (Å²) in [7, 11) is 0. The zero-order chi connectivity index (χ0) is 19.1. The number of hydrogen-bond donors (Lipinski definition) is 2. The number of carbonyl (C=O) groups excluding carboxylic acids is 1. The number of benzene rings is 1. The number of amides is 2. The van der Waals surface area contributed by atoms with Gasteiger partial charge in [0.25, 0.3) is 0 Å². The average molecular weight is 370 g/mol. The fourth-order valence-electron chi connectivity index (χ4n) is 4.21. The highest BCUT2D eigenvalue weighted by Crippen LogP contribution is 2.34. The first-order valence-electron chi connectivity index (χ1n) is 9.99. The van der Waals surface area contributed by atoms with Gasteiger partial charge in [-0.15, -0.1) is 0 Å². The minimum absolute atomic E-state index is 0.00705. The van der Waals surface area contributed by atoms with E-state index in [4.69, 9.17) is 5.11 Å². The van der Waals surface area contributed by atoms with Crippen molar-refractivity contribution in [2.24, 2.45) is 5.92 Å². The van der Waals surface area contributed by atoms with Gasteiger partial charge in [0, 0.05) is 26.2 Å². The van der Waals surface area contributed by atoms with E-state index in [0.717, 1.165) is 38.0 Å². The highest BCUT2D eigenvalue weighted by Gasteiger charge is 2.37. The normalized spacial score (nSPS) is 20.8. The van der Waals surface area contributed by atoms with Gasteiger partial charge in [-0.25, -0.2) is 4.79 Å². The van der Waals surface area contributed by atoms with Gasteiger partial charge in [-0.3, -0.25) is 0 Å². The number of urea groups is 1. The molecule has 0 bridgehead atoms. The third-order valence-corrected chi connectivity index (χ3v) is 6.11. The van der Waals surface area contributed by atoms with E-state index >= 15 is 0 Å². The summed E-state index contributed by atoms with van der Waals surface area (Å²) >= 11 is 0. The molecular formula is C21H30N4O2. The van der Waals surface area contributed by atoms with Gasteiger partial charge in [-0.05, 0) is 50.3 Å². The number of hydrogen-bond acceptors (Lipinski definition) is 4. The van der Waals surface area contributed by atoms with E-state index in [1.54, 1.807) is 0 Å². The standard InChI is InChI=1S/C21H30N4O2/c22-17-21(19-4-2-1-3-5-19)8-12-25(13-9-21)20(27)23-16-18-6-10-24(11-7-18)14-15-26/h1-5,18,26H,6-16H2,(H,23,27). The minimum atomic E-state index is -0.475. The number of aliphatic hydroxyl groups is 1. The predicted molar refractivity (Wildman–Crippen MR) is 104 cm³/mol. The van der Waals surface area contributed by atoms with Gasteiger partial charge >= 0.3 is 6.03 Å². The van der Waals surface area contributed by atoms with Crippen LogP contribution in [0.15, 0.2) is 30.3 Å². The molecule has 0 radical (unpaired) electrons. The van der Waals surface area contributed by atoms with Crippen LogP contribution in [0.1, 0.15) is 31.2 Å². The second-order valence-corrected chi connectivity index (χ2v) is 7.74. The second-order valence-electron chi connectivity index (χ2n) is 7.74. The molecule has 0 saturated carbocycles. The zero-order valence-electron chi connectivity index (χ0n) is 15.9. The maximum absolute atomic E-state index is 12.5. The molecule has 6 heteroatoms.